The van der Waals surface area contributed by atoms with E-state index in [1.807, 2.05) is 6.92 Å². The molecule has 0 fully saturated rings. The number of fused-ring (bicyclic) bond motifs is 8. The number of para-hydroxylation sites is 1. The quantitative estimate of drug-likeness (QED) is 0.135. The van der Waals surface area contributed by atoms with Crippen molar-refractivity contribution in [3.05, 3.63) is 130 Å². The van der Waals surface area contributed by atoms with Crippen molar-refractivity contribution >= 4 is 86.5 Å². The van der Waals surface area contributed by atoms with Crippen molar-refractivity contribution in [1.82, 2.24) is 4.57 Å². The van der Waals surface area contributed by atoms with Crippen LogP contribution in [0.25, 0.3) is 44.2 Å². The Morgan fingerprint density at radius 3 is 2.48 bits per heavy atom. The standard InChI is InChI=1S/C41H31B4N3/c1-22-9-4-3-5-13-31-28(22)17-18-32-30-12-6-7-14-33(30)48(40(31)32)27-15-16-29-26(20-27)19-24-10-8-11-25(35(24)29)21-47-41(46)34-23(2)36(42)38(44)39(45)37(34)43/h3,5-8,10-12,14-18,20H,1,4,9,13,19,21H2,2H3,(H2,46,47)/b5-3-. The van der Waals surface area contributed by atoms with Gasteiger partial charge in [0.2, 0.25) is 0 Å². The molecule has 1 heterocycles. The van der Waals surface area contributed by atoms with E-state index in [-0.39, 0.29) is 16.8 Å². The smallest absolute Gasteiger partial charge is 0.125 e. The molecule has 1 aromatic heterocycles. The Bertz CT molecular complexity index is 2380. The van der Waals surface area contributed by atoms with Crippen molar-refractivity contribution in [1.29, 1.82) is 0 Å². The number of rotatable bonds is 4. The highest BCUT2D eigenvalue weighted by Crippen LogP contribution is 2.43. The second-order valence-electron chi connectivity index (χ2n) is 13.0. The zero-order chi connectivity index (χ0) is 33.3. The number of aromatic nitrogens is 1. The van der Waals surface area contributed by atoms with Gasteiger partial charge in [0, 0.05) is 22.0 Å². The third kappa shape index (κ3) is 4.66. The second kappa shape index (κ2) is 11.7. The van der Waals surface area contributed by atoms with E-state index >= 15 is 0 Å². The summed E-state index contributed by atoms with van der Waals surface area (Å²) in [6.45, 7) is 6.69. The number of nitrogens with zero attached hydrogens (tertiary/aromatic N) is 2. The van der Waals surface area contributed by atoms with Crippen molar-refractivity contribution in [2.45, 2.75) is 39.2 Å². The Morgan fingerprint density at radius 1 is 0.833 bits per heavy atom. The maximum atomic E-state index is 6.52. The summed E-state index contributed by atoms with van der Waals surface area (Å²) < 4.78 is 2.46. The van der Waals surface area contributed by atoms with Gasteiger partial charge in [0.1, 0.15) is 37.2 Å². The van der Waals surface area contributed by atoms with Gasteiger partial charge in [-0.1, -0.05) is 78.8 Å². The molecule has 0 atom stereocenters. The van der Waals surface area contributed by atoms with Crippen molar-refractivity contribution in [3.63, 3.8) is 0 Å². The fourth-order valence-electron chi connectivity index (χ4n) is 7.78. The molecule has 5 aromatic carbocycles. The monoisotopic (exact) mass is 609 g/mol. The topological polar surface area (TPSA) is 43.3 Å². The van der Waals surface area contributed by atoms with Gasteiger partial charge in [-0.2, -0.15) is 0 Å². The highest BCUT2D eigenvalue weighted by Gasteiger charge is 2.24. The van der Waals surface area contributed by atoms with E-state index in [1.165, 1.54) is 60.8 Å². The minimum atomic E-state index is 0.229. The lowest BCUT2D eigenvalue weighted by atomic mass is 9.63. The second-order valence-corrected chi connectivity index (χ2v) is 13.0. The lowest BCUT2D eigenvalue weighted by Crippen LogP contribution is -2.51. The number of hydrogen-bond donors (Lipinski definition) is 1. The summed E-state index contributed by atoms with van der Waals surface area (Å²) in [7, 11) is 24.7. The molecule has 2 N–H and O–H groups in total. The van der Waals surface area contributed by atoms with Gasteiger partial charge in [0.15, 0.2) is 0 Å². The van der Waals surface area contributed by atoms with E-state index in [9.17, 15) is 0 Å². The van der Waals surface area contributed by atoms with Gasteiger partial charge >= 0.3 is 0 Å². The minimum absolute atomic E-state index is 0.229. The molecular weight excluding hydrogens is 578 g/mol. The summed E-state index contributed by atoms with van der Waals surface area (Å²) in [5, 5.41) is 2.53. The first-order valence-electron chi connectivity index (χ1n) is 16.4. The summed E-state index contributed by atoms with van der Waals surface area (Å²) in [5.74, 6) is 0.285. The number of amidine groups is 1. The van der Waals surface area contributed by atoms with Gasteiger partial charge in [0.05, 0.1) is 17.6 Å². The Balaban J connectivity index is 1.23. The zero-order valence-electron chi connectivity index (χ0n) is 27.1. The van der Waals surface area contributed by atoms with Crippen LogP contribution >= 0.6 is 0 Å². The van der Waals surface area contributed by atoms with E-state index in [4.69, 9.17) is 42.1 Å². The van der Waals surface area contributed by atoms with Crippen LogP contribution in [0.2, 0.25) is 0 Å². The lowest BCUT2D eigenvalue weighted by molar-refractivity contribution is 1.03. The third-order valence-electron chi connectivity index (χ3n) is 10.3. The molecule has 0 amide bonds. The Kier molecular flexibility index (Phi) is 7.40. The summed E-state index contributed by atoms with van der Waals surface area (Å²) in [5.41, 5.74) is 22.4. The van der Waals surface area contributed by atoms with Gasteiger partial charge in [0.25, 0.3) is 0 Å². The average Bonchev–Trinajstić information content (AvgIpc) is 3.63. The van der Waals surface area contributed by atoms with E-state index in [2.05, 4.69) is 96.1 Å². The number of aliphatic imine (C=N–C) groups is 1. The molecule has 48 heavy (non-hydrogen) atoms. The van der Waals surface area contributed by atoms with Crippen LogP contribution in [0.15, 0.2) is 96.5 Å². The van der Waals surface area contributed by atoms with Gasteiger partial charge in [-0.15, -0.1) is 16.4 Å². The van der Waals surface area contributed by atoms with Gasteiger partial charge in [-0.3, -0.25) is 4.99 Å². The Morgan fingerprint density at radius 2 is 1.62 bits per heavy atom. The lowest BCUT2D eigenvalue weighted by Gasteiger charge is -2.20. The molecule has 0 unspecified atom stereocenters. The fraction of sp³-hybridized carbons (Fsp3) is 0.146. The van der Waals surface area contributed by atoms with Crippen LogP contribution in [0, 0.1) is 6.92 Å². The zero-order valence-corrected chi connectivity index (χ0v) is 27.1. The molecule has 0 saturated carbocycles. The fourth-order valence-corrected chi connectivity index (χ4v) is 7.78. The highest BCUT2D eigenvalue weighted by molar-refractivity contribution is 6.64. The van der Waals surface area contributed by atoms with Crippen LogP contribution in [0.1, 0.15) is 51.8 Å². The molecule has 6 aromatic rings. The molecule has 222 valence electrons. The van der Waals surface area contributed by atoms with Crippen molar-refractivity contribution in [2.24, 2.45) is 10.7 Å². The van der Waals surface area contributed by atoms with E-state index < -0.39 is 0 Å². The number of allylic oxidation sites excluding steroid dienone is 3. The largest absolute Gasteiger partial charge is 0.384 e. The molecule has 7 heteroatoms. The summed E-state index contributed by atoms with van der Waals surface area (Å²) in [6.07, 6.45) is 8.33. The predicted octanol–water partition coefficient (Wildman–Crippen LogP) is 4.65. The van der Waals surface area contributed by atoms with Crippen LogP contribution in [-0.2, 0) is 19.4 Å². The first-order chi connectivity index (χ1) is 23.2. The van der Waals surface area contributed by atoms with Crippen molar-refractivity contribution in [3.8, 4) is 16.8 Å². The molecule has 2 aliphatic carbocycles. The summed E-state index contributed by atoms with van der Waals surface area (Å²) in [6, 6.07) is 26.6. The Hall–Kier alpha value is -4.89. The predicted molar refractivity (Wildman–Crippen MR) is 207 cm³/mol. The van der Waals surface area contributed by atoms with Crippen molar-refractivity contribution < 1.29 is 0 Å². The minimum Gasteiger partial charge on any atom is -0.384 e. The molecule has 0 spiro atoms. The van der Waals surface area contributed by atoms with Crippen LogP contribution in [0.3, 0.4) is 0 Å². The summed E-state index contributed by atoms with van der Waals surface area (Å²) in [4.78, 5) is 4.78. The molecule has 0 saturated heterocycles. The first-order valence-corrected chi connectivity index (χ1v) is 16.4. The van der Waals surface area contributed by atoms with Gasteiger partial charge in [-0.05, 0) is 101 Å². The van der Waals surface area contributed by atoms with Crippen molar-refractivity contribution in [2.75, 3.05) is 0 Å². The normalized spacial score (nSPS) is 14.9. The highest BCUT2D eigenvalue weighted by atomic mass is 15.0. The van der Waals surface area contributed by atoms with E-state index in [1.54, 1.807) is 0 Å². The summed E-state index contributed by atoms with van der Waals surface area (Å²) >= 11 is 0. The van der Waals surface area contributed by atoms with Gasteiger partial charge in [-0.25, -0.2) is 0 Å². The molecule has 8 radical (unpaired) electrons. The molecular formula is C41H31B4N3. The van der Waals surface area contributed by atoms with E-state index in [0.717, 1.165) is 36.9 Å². The molecule has 0 bridgehead atoms. The van der Waals surface area contributed by atoms with Crippen LogP contribution < -0.4 is 27.6 Å². The first kappa shape index (κ1) is 30.4. The number of nitrogens with two attached hydrogens (primary N) is 1. The maximum absolute atomic E-state index is 6.52. The Labute approximate surface area is 287 Å². The average molecular weight is 609 g/mol. The molecule has 2 aliphatic rings. The van der Waals surface area contributed by atoms with Crippen LogP contribution in [-0.4, -0.2) is 41.8 Å². The van der Waals surface area contributed by atoms with E-state index in [0.29, 0.717) is 28.6 Å². The third-order valence-corrected chi connectivity index (χ3v) is 10.3. The molecule has 8 rings (SSSR count). The number of hydrogen-bond acceptors (Lipinski definition) is 1. The van der Waals surface area contributed by atoms with Gasteiger partial charge < -0.3 is 10.3 Å². The molecule has 0 aliphatic heterocycles. The SMILES string of the molecule is [B]c1c([B])c([B])c(C(N)=NCc2cccc3c2-c2ccc(-n4c5ccccc5c5ccc6c(c54)C/C=C\CCC6=C)cc2C3)c(C)c1[B]. The maximum Gasteiger partial charge on any atom is 0.125 e. The van der Waals surface area contributed by atoms with Crippen LogP contribution in [0.5, 0.6) is 0 Å². The number of benzene rings is 5. The van der Waals surface area contributed by atoms with Crippen LogP contribution in [0.4, 0.5) is 0 Å². The molecule has 3 nitrogen and oxygen atoms in total.